The molecule has 65 heavy (non-hydrogen) atoms. The molecule has 2 saturated heterocycles. The summed E-state index contributed by atoms with van der Waals surface area (Å²) in [7, 11) is -6.69. The van der Waals surface area contributed by atoms with Crippen LogP contribution in [0, 0.1) is 11.8 Å². The molecule has 0 saturated carbocycles. The van der Waals surface area contributed by atoms with E-state index in [0.717, 1.165) is 35.6 Å². The average molecular weight is 965 g/mol. The molecular weight excluding hydrogens is 919 g/mol. The van der Waals surface area contributed by atoms with Gasteiger partial charge < -0.3 is 24.0 Å². The number of carbonyl (C=O) groups is 2. The molecule has 0 spiro atoms. The van der Waals surface area contributed by atoms with Gasteiger partial charge in [0.2, 0.25) is 29.7 Å². The molecule has 0 radical (unpaired) electrons. The number of benzene rings is 1. The van der Waals surface area contributed by atoms with E-state index in [4.69, 9.17) is 4.74 Å². The molecule has 4 aromatic heterocycles. The Bertz CT molecular complexity index is 2550. The number of nitrogens with zero attached hydrogens (tertiary/aromatic N) is 7. The number of sulfone groups is 2. The third-order valence-corrected chi connectivity index (χ3v) is 15.1. The predicted molar refractivity (Wildman–Crippen MR) is 218 cm³/mol. The molecule has 2 atom stereocenters. The largest absolute Gasteiger partial charge is 0.418 e. The number of hydrogen-bond donors (Lipinski definition) is 3. The number of aryl methyl sites for hydroxylation is 2. The fraction of sp³-hybridized carbons (Fsp3) is 0.474. The third-order valence-electron chi connectivity index (χ3n) is 10.6. The molecule has 3 amide bonds. The van der Waals surface area contributed by atoms with Gasteiger partial charge >= 0.3 is 12.1 Å². The molecule has 2 fully saturated rings. The minimum absolute atomic E-state index is 0.0444. The lowest BCUT2D eigenvalue weighted by atomic mass is 9.92. The third kappa shape index (κ3) is 11.8. The van der Waals surface area contributed by atoms with E-state index < -0.39 is 87.7 Å². The van der Waals surface area contributed by atoms with Crippen molar-refractivity contribution in [2.45, 2.75) is 72.2 Å². The molecule has 5 aromatic rings. The van der Waals surface area contributed by atoms with Crippen molar-refractivity contribution in [1.29, 1.82) is 0 Å². The monoisotopic (exact) mass is 964 g/mol. The fourth-order valence-corrected chi connectivity index (χ4v) is 10.6. The first-order valence-electron chi connectivity index (χ1n) is 19.7. The molecule has 2 aliphatic rings. The SMILES string of the molecule is Cn1cc(S(=O)(=O)[C@@](C)(F)C2CCN(C(=O)Nc3ccon3)CC2)c(C(F)F)n1.Cn1cc(S(=O)(=O)[C@@](C)(F)C2CCNCC2)c(C(F)F)n1.O=C(Nc1ccon1)Oc1ccccc1. The van der Waals surface area contributed by atoms with Crippen LogP contribution in [0.25, 0.3) is 0 Å². The molecule has 19 nitrogen and oxygen atoms in total. The van der Waals surface area contributed by atoms with E-state index in [1.54, 1.807) is 24.3 Å². The maximum absolute atomic E-state index is 15.5. The van der Waals surface area contributed by atoms with Crippen molar-refractivity contribution in [3.63, 3.8) is 0 Å². The summed E-state index contributed by atoms with van der Waals surface area (Å²) in [4.78, 5) is 23.3. The Morgan fingerprint density at radius 3 is 1.62 bits per heavy atom. The summed E-state index contributed by atoms with van der Waals surface area (Å²) in [6, 6.07) is 11.2. The second-order valence-corrected chi connectivity index (χ2v) is 19.5. The van der Waals surface area contributed by atoms with Gasteiger partial charge in [0.1, 0.15) is 39.5 Å². The normalized spacial score (nSPS) is 17.0. The van der Waals surface area contributed by atoms with Gasteiger partial charge in [-0.25, -0.2) is 52.8 Å². The number of halogens is 6. The van der Waals surface area contributed by atoms with Crippen LogP contribution in [-0.4, -0.2) is 99.9 Å². The van der Waals surface area contributed by atoms with E-state index in [1.807, 2.05) is 6.07 Å². The van der Waals surface area contributed by atoms with E-state index in [1.165, 1.54) is 43.7 Å². The number of piperidine rings is 2. The van der Waals surface area contributed by atoms with Crippen LogP contribution in [0.1, 0.15) is 63.8 Å². The topological polar surface area (TPSA) is 239 Å². The second-order valence-electron chi connectivity index (χ2n) is 15.0. The van der Waals surface area contributed by atoms with E-state index in [0.29, 0.717) is 37.5 Å². The van der Waals surface area contributed by atoms with Crippen LogP contribution in [-0.2, 0) is 33.8 Å². The van der Waals surface area contributed by atoms with Crippen molar-refractivity contribution in [1.82, 2.24) is 40.1 Å². The van der Waals surface area contributed by atoms with Crippen molar-refractivity contribution in [2.24, 2.45) is 25.9 Å². The van der Waals surface area contributed by atoms with Gasteiger partial charge in [-0.1, -0.05) is 28.5 Å². The fourth-order valence-electron chi connectivity index (χ4n) is 6.96. The molecule has 0 aliphatic carbocycles. The second kappa shape index (κ2) is 20.9. The number of alkyl halides is 6. The minimum atomic E-state index is -4.74. The van der Waals surface area contributed by atoms with Crippen molar-refractivity contribution >= 4 is 43.4 Å². The average Bonchev–Trinajstić information content (AvgIpc) is 4.11. The van der Waals surface area contributed by atoms with Crippen LogP contribution in [0.3, 0.4) is 0 Å². The van der Waals surface area contributed by atoms with Crippen molar-refractivity contribution in [2.75, 3.05) is 36.8 Å². The zero-order chi connectivity index (χ0) is 47.7. The molecule has 3 N–H and O–H groups in total. The molecule has 0 bridgehead atoms. The van der Waals surface area contributed by atoms with Crippen LogP contribution in [0.5, 0.6) is 5.75 Å². The predicted octanol–water partition coefficient (Wildman–Crippen LogP) is 6.85. The first-order chi connectivity index (χ1) is 30.6. The Morgan fingerprint density at radius 1 is 0.738 bits per heavy atom. The number of aromatic nitrogens is 6. The number of amides is 3. The number of hydrogen-bond acceptors (Lipinski definition) is 14. The highest BCUT2D eigenvalue weighted by Crippen LogP contribution is 2.42. The molecule has 7 rings (SSSR count). The Balaban J connectivity index is 0.000000193. The van der Waals surface area contributed by atoms with E-state index in [9.17, 15) is 48.4 Å². The zero-order valence-corrected chi connectivity index (χ0v) is 36.8. The number of likely N-dealkylation sites (tertiary alicyclic amines) is 1. The summed E-state index contributed by atoms with van der Waals surface area (Å²) in [6.45, 7) is 3.04. The van der Waals surface area contributed by atoms with Gasteiger partial charge in [-0.3, -0.25) is 20.0 Å². The Kier molecular flexibility index (Phi) is 16.1. The number of anilines is 2. The highest BCUT2D eigenvalue weighted by atomic mass is 32.2. The van der Waals surface area contributed by atoms with E-state index in [2.05, 4.69) is 45.5 Å². The molecule has 356 valence electrons. The maximum atomic E-state index is 15.5. The zero-order valence-electron chi connectivity index (χ0n) is 35.2. The Labute approximate surface area is 368 Å². The number of ether oxygens (including phenoxy) is 1. The summed E-state index contributed by atoms with van der Waals surface area (Å²) < 4.78 is 149. The van der Waals surface area contributed by atoms with Gasteiger partial charge in [0.05, 0.1) is 0 Å². The number of para-hydroxylation sites is 1. The van der Waals surface area contributed by atoms with Gasteiger partial charge in [0.15, 0.2) is 11.6 Å². The summed E-state index contributed by atoms with van der Waals surface area (Å²) >= 11 is 0. The summed E-state index contributed by atoms with van der Waals surface area (Å²) in [5, 5.41) is 16.5. The minimum Gasteiger partial charge on any atom is -0.410 e. The van der Waals surface area contributed by atoms with Gasteiger partial charge in [-0.2, -0.15) is 10.2 Å². The van der Waals surface area contributed by atoms with E-state index in [-0.39, 0.29) is 31.7 Å². The van der Waals surface area contributed by atoms with Crippen molar-refractivity contribution in [3.05, 3.63) is 78.8 Å². The highest BCUT2D eigenvalue weighted by molar-refractivity contribution is 7.93. The number of nitrogens with one attached hydrogen (secondary N) is 3. The van der Waals surface area contributed by atoms with Crippen LogP contribution >= 0.6 is 0 Å². The summed E-state index contributed by atoms with van der Waals surface area (Å²) in [5.74, 6) is -0.704. The molecule has 27 heteroatoms. The maximum Gasteiger partial charge on any atom is 0.418 e. The quantitative estimate of drug-likeness (QED) is 0.115. The molecule has 1 aromatic carbocycles. The van der Waals surface area contributed by atoms with Crippen LogP contribution in [0.4, 0.5) is 47.6 Å². The van der Waals surface area contributed by atoms with Crippen molar-refractivity contribution < 1.29 is 66.6 Å². The highest BCUT2D eigenvalue weighted by Gasteiger charge is 2.51. The molecule has 2 aliphatic heterocycles. The summed E-state index contributed by atoms with van der Waals surface area (Å²) in [5.41, 5.74) is -1.86. The first kappa shape index (κ1) is 50.0. The smallest absolute Gasteiger partial charge is 0.410 e. The van der Waals surface area contributed by atoms with Gasteiger partial charge in [0.25, 0.3) is 12.9 Å². The molecule has 6 heterocycles. The lowest BCUT2D eigenvalue weighted by Crippen LogP contribution is -2.48. The Hall–Kier alpha value is -5.96. The number of rotatable bonds is 11. The lowest BCUT2D eigenvalue weighted by molar-refractivity contribution is 0.116. The van der Waals surface area contributed by atoms with Crippen LogP contribution in [0.15, 0.2) is 86.2 Å². The van der Waals surface area contributed by atoms with Gasteiger partial charge in [-0.15, -0.1) is 0 Å². The van der Waals surface area contributed by atoms with Gasteiger partial charge in [0, 0.05) is 63.5 Å². The first-order valence-corrected chi connectivity index (χ1v) is 22.6. The number of carbonyl (C=O) groups excluding carboxylic acids is 2. The van der Waals surface area contributed by atoms with E-state index >= 15 is 4.39 Å². The number of urea groups is 1. The van der Waals surface area contributed by atoms with Crippen LogP contribution in [0.2, 0.25) is 0 Å². The van der Waals surface area contributed by atoms with Crippen LogP contribution < -0.4 is 20.7 Å². The van der Waals surface area contributed by atoms with Gasteiger partial charge in [-0.05, 0) is 64.8 Å². The molecule has 0 unspecified atom stereocenters. The lowest BCUT2D eigenvalue weighted by Gasteiger charge is -2.37. The summed E-state index contributed by atoms with van der Waals surface area (Å²) in [6.07, 6.45) is -1.58. The Morgan fingerprint density at radius 2 is 1.18 bits per heavy atom. The standard InChI is InChI=1S/C16H20F3N5O4S.C12H18F3N3O2S.C10H8N2O3/c1-16(19,29(26,27)11-9-23(2)21-13(11)14(17)18)10-3-6-24(7-4-10)15(25)20-12-5-8-28-22-12;1-12(15,8-3-5-16-6-4-8)21(19,20)9-7-18(2)17-10(9)11(13)14;13-10(11-9-6-7-14-12-9)15-8-4-2-1-3-5-8/h5,8-10,14H,3-4,6-7H2,1-2H3,(H,20,22,25);7-8,11,16H,3-6H2,1-2H3;1-7H,(H,11,12,13)/t16-;12-;/m11./s1. The van der Waals surface area contributed by atoms with Crippen molar-refractivity contribution in [3.8, 4) is 5.75 Å². The molecular formula is C38H46F6N10O9S2.